The lowest BCUT2D eigenvalue weighted by Crippen LogP contribution is -2.18. The Labute approximate surface area is 120 Å². The van der Waals surface area contributed by atoms with Gasteiger partial charge in [-0.15, -0.1) is 0 Å². The minimum absolute atomic E-state index is 0.0236. The van der Waals surface area contributed by atoms with E-state index in [-0.39, 0.29) is 12.5 Å². The first-order valence-electron chi connectivity index (χ1n) is 7.47. The van der Waals surface area contributed by atoms with Crippen molar-refractivity contribution in [3.63, 3.8) is 0 Å². The Bertz CT molecular complexity index is 454. The van der Waals surface area contributed by atoms with Gasteiger partial charge in [-0.1, -0.05) is 0 Å². The molecule has 2 N–H and O–H groups in total. The average Bonchev–Trinajstić information content (AvgIpc) is 2.95. The standard InChI is InChI=1S/C16H24N2O2/c1-13-12-14(18-9-3-4-10-18)7-8-15(13)17-16(20)6-2-5-11-19/h7-8,12,19H,2-6,9-11H2,1H3,(H,17,20). The SMILES string of the molecule is Cc1cc(N2CCCC2)ccc1NC(=O)CCCCO. The normalized spacial score (nSPS) is 14.6. The quantitative estimate of drug-likeness (QED) is 0.785. The third kappa shape index (κ3) is 3.97. The van der Waals surface area contributed by atoms with Gasteiger partial charge in [-0.05, 0) is 56.4 Å². The molecule has 1 aromatic carbocycles. The van der Waals surface area contributed by atoms with Gasteiger partial charge in [0.15, 0.2) is 0 Å². The van der Waals surface area contributed by atoms with Crippen LogP contribution in [0.5, 0.6) is 0 Å². The second kappa shape index (κ2) is 7.29. The van der Waals surface area contributed by atoms with Crippen LogP contribution in [0.2, 0.25) is 0 Å². The lowest BCUT2D eigenvalue weighted by Gasteiger charge is -2.19. The van der Waals surface area contributed by atoms with E-state index in [9.17, 15) is 4.79 Å². The van der Waals surface area contributed by atoms with Crippen LogP contribution < -0.4 is 10.2 Å². The van der Waals surface area contributed by atoms with Gasteiger partial charge in [0.25, 0.3) is 0 Å². The fraction of sp³-hybridized carbons (Fsp3) is 0.562. The Kier molecular flexibility index (Phi) is 5.41. The number of aryl methyl sites for hydroxylation is 1. The van der Waals surface area contributed by atoms with Gasteiger partial charge in [-0.2, -0.15) is 0 Å². The molecule has 1 aliphatic rings. The molecule has 0 aliphatic carbocycles. The van der Waals surface area contributed by atoms with Crippen LogP contribution in [-0.2, 0) is 4.79 Å². The number of hydrogen-bond donors (Lipinski definition) is 2. The molecule has 1 fully saturated rings. The molecule has 0 saturated carbocycles. The summed E-state index contributed by atoms with van der Waals surface area (Å²) in [6.45, 7) is 4.44. The van der Waals surface area contributed by atoms with E-state index >= 15 is 0 Å². The minimum atomic E-state index is 0.0236. The molecular formula is C16H24N2O2. The first-order valence-corrected chi connectivity index (χ1v) is 7.47. The van der Waals surface area contributed by atoms with Crippen LogP contribution in [0.1, 0.15) is 37.7 Å². The summed E-state index contributed by atoms with van der Waals surface area (Å²) >= 11 is 0. The van der Waals surface area contributed by atoms with Crippen molar-refractivity contribution in [1.29, 1.82) is 0 Å². The van der Waals surface area contributed by atoms with Crippen LogP contribution >= 0.6 is 0 Å². The van der Waals surface area contributed by atoms with Crippen molar-refractivity contribution in [2.45, 2.75) is 39.0 Å². The van der Waals surface area contributed by atoms with E-state index in [1.54, 1.807) is 0 Å². The van der Waals surface area contributed by atoms with Gasteiger partial charge in [-0.25, -0.2) is 0 Å². The van der Waals surface area contributed by atoms with Gasteiger partial charge in [0.2, 0.25) is 5.91 Å². The maximum Gasteiger partial charge on any atom is 0.224 e. The number of aliphatic hydroxyl groups excluding tert-OH is 1. The fourth-order valence-corrected chi connectivity index (χ4v) is 2.57. The van der Waals surface area contributed by atoms with E-state index in [0.717, 1.165) is 30.8 Å². The van der Waals surface area contributed by atoms with Gasteiger partial charge in [0.1, 0.15) is 0 Å². The maximum atomic E-state index is 11.8. The molecule has 0 radical (unpaired) electrons. The van der Waals surface area contributed by atoms with Crippen molar-refractivity contribution in [2.75, 3.05) is 29.9 Å². The summed E-state index contributed by atoms with van der Waals surface area (Å²) in [7, 11) is 0. The molecule has 4 nitrogen and oxygen atoms in total. The number of benzene rings is 1. The maximum absolute atomic E-state index is 11.8. The van der Waals surface area contributed by atoms with E-state index < -0.39 is 0 Å². The summed E-state index contributed by atoms with van der Waals surface area (Å²) in [5.74, 6) is 0.0236. The third-order valence-corrected chi connectivity index (χ3v) is 3.77. The van der Waals surface area contributed by atoms with Gasteiger partial charge >= 0.3 is 0 Å². The molecule has 1 aliphatic heterocycles. The molecule has 1 aromatic rings. The first-order chi connectivity index (χ1) is 9.70. The van der Waals surface area contributed by atoms with Crippen molar-refractivity contribution in [2.24, 2.45) is 0 Å². The highest BCUT2D eigenvalue weighted by Gasteiger charge is 2.13. The predicted molar refractivity (Wildman–Crippen MR) is 82.2 cm³/mol. The van der Waals surface area contributed by atoms with Crippen LogP contribution in [0.25, 0.3) is 0 Å². The molecule has 1 heterocycles. The lowest BCUT2D eigenvalue weighted by atomic mass is 10.1. The number of nitrogens with one attached hydrogen (secondary N) is 1. The van der Waals surface area contributed by atoms with Gasteiger partial charge in [0.05, 0.1) is 0 Å². The summed E-state index contributed by atoms with van der Waals surface area (Å²) < 4.78 is 0. The first kappa shape index (κ1) is 14.9. The molecule has 0 unspecified atom stereocenters. The summed E-state index contributed by atoms with van der Waals surface area (Å²) in [5.41, 5.74) is 3.24. The number of rotatable bonds is 6. The largest absolute Gasteiger partial charge is 0.396 e. The Morgan fingerprint density at radius 2 is 2.05 bits per heavy atom. The number of carbonyl (C=O) groups excluding carboxylic acids is 1. The Morgan fingerprint density at radius 1 is 1.30 bits per heavy atom. The number of unbranched alkanes of at least 4 members (excludes halogenated alkanes) is 1. The van der Waals surface area contributed by atoms with Crippen molar-refractivity contribution in [1.82, 2.24) is 0 Å². The van der Waals surface area contributed by atoms with Crippen LogP contribution in [0.3, 0.4) is 0 Å². The van der Waals surface area contributed by atoms with Crippen LogP contribution in [0, 0.1) is 6.92 Å². The summed E-state index contributed by atoms with van der Waals surface area (Å²) in [5, 5.41) is 11.7. The van der Waals surface area contributed by atoms with Crippen LogP contribution in [-0.4, -0.2) is 30.7 Å². The van der Waals surface area contributed by atoms with Crippen molar-refractivity contribution in [3.05, 3.63) is 23.8 Å². The second-order valence-electron chi connectivity index (χ2n) is 5.42. The van der Waals surface area contributed by atoms with Crippen molar-refractivity contribution >= 4 is 17.3 Å². The zero-order valence-electron chi connectivity index (χ0n) is 12.2. The van der Waals surface area contributed by atoms with E-state index in [2.05, 4.69) is 22.3 Å². The molecule has 110 valence electrons. The highest BCUT2D eigenvalue weighted by Crippen LogP contribution is 2.25. The van der Waals surface area contributed by atoms with E-state index in [1.165, 1.54) is 18.5 Å². The molecule has 0 spiro atoms. The van der Waals surface area contributed by atoms with E-state index in [0.29, 0.717) is 12.8 Å². The zero-order valence-corrected chi connectivity index (χ0v) is 12.2. The Hall–Kier alpha value is -1.55. The van der Waals surface area contributed by atoms with Crippen molar-refractivity contribution in [3.8, 4) is 0 Å². The van der Waals surface area contributed by atoms with E-state index in [1.807, 2.05) is 13.0 Å². The molecule has 1 saturated heterocycles. The van der Waals surface area contributed by atoms with Crippen molar-refractivity contribution < 1.29 is 9.90 Å². The summed E-state index contributed by atoms with van der Waals surface area (Å²) in [6, 6.07) is 6.23. The van der Waals surface area contributed by atoms with Crippen LogP contribution in [0.4, 0.5) is 11.4 Å². The minimum Gasteiger partial charge on any atom is -0.396 e. The fourth-order valence-electron chi connectivity index (χ4n) is 2.57. The number of nitrogens with zero attached hydrogens (tertiary/aromatic N) is 1. The summed E-state index contributed by atoms with van der Waals surface area (Å²) in [6.07, 6.45) is 4.41. The number of carbonyl (C=O) groups is 1. The molecule has 4 heteroatoms. The highest BCUT2D eigenvalue weighted by molar-refractivity contribution is 5.91. The van der Waals surface area contributed by atoms with Crippen LogP contribution in [0.15, 0.2) is 18.2 Å². The lowest BCUT2D eigenvalue weighted by molar-refractivity contribution is -0.116. The third-order valence-electron chi connectivity index (χ3n) is 3.77. The molecule has 20 heavy (non-hydrogen) atoms. The smallest absolute Gasteiger partial charge is 0.224 e. The molecule has 0 aromatic heterocycles. The summed E-state index contributed by atoms with van der Waals surface area (Å²) in [4.78, 5) is 14.2. The van der Waals surface area contributed by atoms with Gasteiger partial charge < -0.3 is 15.3 Å². The molecule has 0 bridgehead atoms. The van der Waals surface area contributed by atoms with E-state index in [4.69, 9.17) is 5.11 Å². The number of hydrogen-bond acceptors (Lipinski definition) is 3. The zero-order chi connectivity index (χ0) is 14.4. The number of aliphatic hydroxyl groups is 1. The molecular weight excluding hydrogens is 252 g/mol. The average molecular weight is 276 g/mol. The number of amides is 1. The molecule has 1 amide bonds. The predicted octanol–water partition coefficient (Wildman–Crippen LogP) is 2.70. The highest BCUT2D eigenvalue weighted by atomic mass is 16.3. The Balaban J connectivity index is 1.93. The topological polar surface area (TPSA) is 52.6 Å². The van der Waals surface area contributed by atoms with Gasteiger partial charge in [0, 0.05) is 37.5 Å². The second-order valence-corrected chi connectivity index (χ2v) is 5.42. The number of anilines is 2. The molecule has 2 rings (SSSR count). The Morgan fingerprint density at radius 3 is 2.70 bits per heavy atom. The molecule has 0 atom stereocenters. The monoisotopic (exact) mass is 276 g/mol. The van der Waals surface area contributed by atoms with Gasteiger partial charge in [-0.3, -0.25) is 4.79 Å².